The number of benzene rings is 1. The van der Waals surface area contributed by atoms with Crippen LogP contribution in [0.5, 0.6) is 0 Å². The lowest BCUT2D eigenvalue weighted by atomic mass is 9.94. The average molecular weight is 316 g/mol. The summed E-state index contributed by atoms with van der Waals surface area (Å²) in [6, 6.07) is 8.00. The van der Waals surface area contributed by atoms with E-state index in [1.54, 1.807) is 30.3 Å². The minimum atomic E-state index is -1.15. The Hall–Kier alpha value is -2.63. The van der Waals surface area contributed by atoms with Gasteiger partial charge in [-0.15, -0.1) is 0 Å². The number of carbonyl (C=O) groups excluding carboxylic acids is 3. The first-order valence-corrected chi connectivity index (χ1v) is 7.55. The molecule has 6 nitrogen and oxygen atoms in total. The first kappa shape index (κ1) is 16.7. The minimum absolute atomic E-state index is 0.251. The van der Waals surface area contributed by atoms with Crippen molar-refractivity contribution in [1.82, 2.24) is 10.6 Å². The smallest absolute Gasteiger partial charge is 0.321 e. The van der Waals surface area contributed by atoms with E-state index in [1.165, 1.54) is 7.05 Å². The molecule has 122 valence electrons. The zero-order valence-corrected chi connectivity index (χ0v) is 13.0. The maximum atomic E-state index is 12.3. The predicted octanol–water partition coefficient (Wildman–Crippen LogP) is 2.08. The third kappa shape index (κ3) is 4.67. The van der Waals surface area contributed by atoms with Crippen molar-refractivity contribution in [2.24, 2.45) is 5.92 Å². The molecule has 6 heteroatoms. The van der Waals surface area contributed by atoms with Gasteiger partial charge in [-0.05, 0) is 19.3 Å². The lowest BCUT2D eigenvalue weighted by molar-refractivity contribution is -0.160. The van der Waals surface area contributed by atoms with E-state index in [4.69, 9.17) is 4.74 Å². The standard InChI is InChI=1S/C17H20N2O4/c1-18-17(22)19-15(20)14(12-8-4-2-5-9-12)23-16(21)13-10-6-3-7-11-13/h2-6,8-9,13-14H,7,10-11H2,1H3,(H2,18,19,20,22)/t13-,14-/m0/s1. The maximum Gasteiger partial charge on any atom is 0.321 e. The second-order valence-electron chi connectivity index (χ2n) is 5.28. The summed E-state index contributed by atoms with van der Waals surface area (Å²) in [7, 11) is 1.40. The van der Waals surface area contributed by atoms with Gasteiger partial charge in [0.15, 0.2) is 0 Å². The SMILES string of the molecule is CNC(=O)NC(=O)[C@@H](OC(=O)[C@H]1CC=CCC1)c1ccccc1. The lowest BCUT2D eigenvalue weighted by Gasteiger charge is -2.22. The van der Waals surface area contributed by atoms with Crippen molar-refractivity contribution in [1.29, 1.82) is 0 Å². The molecule has 3 amide bonds. The molecule has 0 aliphatic heterocycles. The summed E-state index contributed by atoms with van der Waals surface area (Å²) in [6.07, 6.45) is 4.95. The van der Waals surface area contributed by atoms with Crippen molar-refractivity contribution in [2.45, 2.75) is 25.4 Å². The van der Waals surface area contributed by atoms with E-state index < -0.39 is 24.0 Å². The van der Waals surface area contributed by atoms with Gasteiger partial charge in [-0.1, -0.05) is 42.5 Å². The number of carbonyl (C=O) groups is 3. The minimum Gasteiger partial charge on any atom is -0.447 e. The summed E-state index contributed by atoms with van der Waals surface area (Å²) >= 11 is 0. The van der Waals surface area contributed by atoms with Crippen LogP contribution in [0.15, 0.2) is 42.5 Å². The van der Waals surface area contributed by atoms with Crippen LogP contribution >= 0.6 is 0 Å². The molecule has 0 unspecified atom stereocenters. The average Bonchev–Trinajstić information content (AvgIpc) is 2.60. The van der Waals surface area contributed by atoms with Crippen molar-refractivity contribution in [3.8, 4) is 0 Å². The quantitative estimate of drug-likeness (QED) is 0.658. The van der Waals surface area contributed by atoms with Gasteiger partial charge >= 0.3 is 12.0 Å². The van der Waals surface area contributed by atoms with Gasteiger partial charge in [-0.2, -0.15) is 0 Å². The molecule has 0 fully saturated rings. The van der Waals surface area contributed by atoms with Crippen LogP contribution in [0.4, 0.5) is 4.79 Å². The van der Waals surface area contributed by atoms with Crippen LogP contribution in [0.25, 0.3) is 0 Å². The Morgan fingerprint density at radius 2 is 1.91 bits per heavy atom. The molecule has 0 saturated heterocycles. The largest absolute Gasteiger partial charge is 0.447 e. The van der Waals surface area contributed by atoms with Crippen LogP contribution in [-0.2, 0) is 14.3 Å². The van der Waals surface area contributed by atoms with Gasteiger partial charge in [0.05, 0.1) is 5.92 Å². The fraction of sp³-hybridized carbons (Fsp3) is 0.353. The normalized spacial score (nSPS) is 17.9. The van der Waals surface area contributed by atoms with E-state index in [-0.39, 0.29) is 5.92 Å². The fourth-order valence-corrected chi connectivity index (χ4v) is 2.36. The third-order valence-corrected chi connectivity index (χ3v) is 3.64. The Labute approximate surface area is 134 Å². The van der Waals surface area contributed by atoms with Crippen molar-refractivity contribution in [2.75, 3.05) is 7.05 Å². The van der Waals surface area contributed by atoms with Gasteiger partial charge < -0.3 is 10.1 Å². The highest BCUT2D eigenvalue weighted by atomic mass is 16.5. The predicted molar refractivity (Wildman–Crippen MR) is 84.4 cm³/mol. The Morgan fingerprint density at radius 1 is 1.17 bits per heavy atom. The highest BCUT2D eigenvalue weighted by molar-refractivity contribution is 5.97. The van der Waals surface area contributed by atoms with Gasteiger partial charge in [0.2, 0.25) is 6.10 Å². The molecule has 2 rings (SSSR count). The highest BCUT2D eigenvalue weighted by Crippen LogP contribution is 2.24. The second kappa shape index (κ2) is 8.12. The Kier molecular flexibility index (Phi) is 5.91. The van der Waals surface area contributed by atoms with Crippen LogP contribution in [-0.4, -0.2) is 25.0 Å². The number of esters is 1. The molecular formula is C17H20N2O4. The van der Waals surface area contributed by atoms with Crippen LogP contribution in [0, 0.1) is 5.92 Å². The summed E-state index contributed by atoms with van der Waals surface area (Å²) in [5, 5.41) is 4.45. The topological polar surface area (TPSA) is 84.5 Å². The first-order valence-electron chi connectivity index (χ1n) is 7.55. The molecule has 0 aromatic heterocycles. The first-order chi connectivity index (χ1) is 11.1. The van der Waals surface area contributed by atoms with Crippen molar-refractivity contribution in [3.05, 3.63) is 48.0 Å². The van der Waals surface area contributed by atoms with Crippen LogP contribution in [0.2, 0.25) is 0 Å². The van der Waals surface area contributed by atoms with E-state index in [0.29, 0.717) is 18.4 Å². The number of urea groups is 1. The molecule has 1 aliphatic rings. The zero-order chi connectivity index (χ0) is 16.7. The van der Waals surface area contributed by atoms with E-state index in [1.807, 2.05) is 12.2 Å². The van der Waals surface area contributed by atoms with E-state index in [0.717, 1.165) is 6.42 Å². The summed E-state index contributed by atoms with van der Waals surface area (Å²) in [5.41, 5.74) is 0.522. The maximum absolute atomic E-state index is 12.3. The molecule has 1 aromatic carbocycles. The van der Waals surface area contributed by atoms with E-state index >= 15 is 0 Å². The molecule has 1 aliphatic carbocycles. The molecule has 23 heavy (non-hydrogen) atoms. The molecule has 0 heterocycles. The highest BCUT2D eigenvalue weighted by Gasteiger charge is 2.29. The molecule has 0 spiro atoms. The Balaban J connectivity index is 2.13. The fourth-order valence-electron chi connectivity index (χ4n) is 2.36. The molecule has 1 aromatic rings. The molecule has 0 radical (unpaired) electrons. The number of hydrogen-bond acceptors (Lipinski definition) is 4. The molecule has 0 bridgehead atoms. The van der Waals surface area contributed by atoms with Gasteiger partial charge in [-0.3, -0.25) is 14.9 Å². The number of amides is 3. The van der Waals surface area contributed by atoms with Gasteiger partial charge in [0.1, 0.15) is 0 Å². The molecule has 2 N–H and O–H groups in total. The van der Waals surface area contributed by atoms with E-state index in [2.05, 4.69) is 10.6 Å². The molecule has 2 atom stereocenters. The Bertz CT molecular complexity index is 598. The van der Waals surface area contributed by atoms with Crippen LogP contribution < -0.4 is 10.6 Å². The van der Waals surface area contributed by atoms with Crippen LogP contribution in [0.3, 0.4) is 0 Å². The van der Waals surface area contributed by atoms with Crippen molar-refractivity contribution >= 4 is 17.9 Å². The molecule has 0 saturated carbocycles. The number of nitrogens with one attached hydrogen (secondary N) is 2. The third-order valence-electron chi connectivity index (χ3n) is 3.64. The summed E-state index contributed by atoms with van der Waals surface area (Å²) in [5.74, 6) is -1.34. The van der Waals surface area contributed by atoms with Gasteiger partial charge in [0.25, 0.3) is 5.91 Å². The van der Waals surface area contributed by atoms with Gasteiger partial charge in [0, 0.05) is 12.6 Å². The van der Waals surface area contributed by atoms with E-state index in [9.17, 15) is 14.4 Å². The monoisotopic (exact) mass is 316 g/mol. The number of rotatable bonds is 4. The van der Waals surface area contributed by atoms with Crippen molar-refractivity contribution in [3.63, 3.8) is 0 Å². The number of hydrogen-bond donors (Lipinski definition) is 2. The number of allylic oxidation sites excluding steroid dienone is 2. The lowest BCUT2D eigenvalue weighted by Crippen LogP contribution is -2.41. The molecular weight excluding hydrogens is 296 g/mol. The number of ether oxygens (including phenoxy) is 1. The summed E-state index contributed by atoms with van der Waals surface area (Å²) < 4.78 is 5.42. The summed E-state index contributed by atoms with van der Waals surface area (Å²) in [6.45, 7) is 0. The van der Waals surface area contributed by atoms with Gasteiger partial charge in [-0.25, -0.2) is 4.79 Å². The van der Waals surface area contributed by atoms with Crippen molar-refractivity contribution < 1.29 is 19.1 Å². The zero-order valence-electron chi connectivity index (χ0n) is 13.0. The van der Waals surface area contributed by atoms with Crippen LogP contribution in [0.1, 0.15) is 30.9 Å². The summed E-state index contributed by atoms with van der Waals surface area (Å²) in [4.78, 5) is 35.9. The second-order valence-corrected chi connectivity index (χ2v) is 5.28. The Morgan fingerprint density at radius 3 is 2.52 bits per heavy atom. The number of imide groups is 1.